The number of halogens is 2. The third-order valence-electron chi connectivity index (χ3n) is 3.16. The minimum Gasteiger partial charge on any atom is -0.326 e. The second-order valence-electron chi connectivity index (χ2n) is 5.23. The van der Waals surface area contributed by atoms with E-state index in [2.05, 4.69) is 10.6 Å². The largest absolute Gasteiger partial charge is 0.326 e. The van der Waals surface area contributed by atoms with E-state index in [1.165, 1.54) is 48.2 Å². The maximum atomic E-state index is 13.0. The van der Waals surface area contributed by atoms with Crippen LogP contribution in [0.25, 0.3) is 0 Å². The van der Waals surface area contributed by atoms with Gasteiger partial charge in [-0.25, -0.2) is 8.78 Å². The van der Waals surface area contributed by atoms with Gasteiger partial charge in [-0.3, -0.25) is 9.59 Å². The van der Waals surface area contributed by atoms with Crippen molar-refractivity contribution in [2.24, 2.45) is 0 Å². The third-order valence-corrected chi connectivity index (χ3v) is 4.15. The minimum atomic E-state index is -0.406. The SMILES string of the molecule is O=C(CCSCCC(=O)Nc1cccc(F)c1)Nc1cccc(F)c1. The van der Waals surface area contributed by atoms with Crippen LogP contribution in [0.3, 0.4) is 0 Å². The molecule has 7 heteroatoms. The fourth-order valence-corrected chi connectivity index (χ4v) is 2.87. The number of anilines is 2. The lowest BCUT2D eigenvalue weighted by atomic mass is 10.3. The Balaban J connectivity index is 1.59. The summed E-state index contributed by atoms with van der Waals surface area (Å²) in [6.07, 6.45) is 0.541. The predicted molar refractivity (Wildman–Crippen MR) is 96.6 cm³/mol. The summed E-state index contributed by atoms with van der Waals surface area (Å²) in [5.74, 6) is -0.124. The maximum Gasteiger partial charge on any atom is 0.225 e. The lowest BCUT2D eigenvalue weighted by Gasteiger charge is -2.06. The van der Waals surface area contributed by atoms with Gasteiger partial charge in [0.1, 0.15) is 11.6 Å². The lowest BCUT2D eigenvalue weighted by molar-refractivity contribution is -0.116. The van der Waals surface area contributed by atoms with Gasteiger partial charge >= 0.3 is 0 Å². The molecule has 0 saturated carbocycles. The summed E-state index contributed by atoms with van der Waals surface area (Å²) >= 11 is 1.47. The van der Waals surface area contributed by atoms with Crippen LogP contribution in [0.15, 0.2) is 48.5 Å². The first-order chi connectivity index (χ1) is 12.0. The second kappa shape index (κ2) is 9.78. The van der Waals surface area contributed by atoms with Crippen LogP contribution in [0.1, 0.15) is 12.8 Å². The molecule has 0 bridgehead atoms. The van der Waals surface area contributed by atoms with Crippen molar-refractivity contribution in [2.45, 2.75) is 12.8 Å². The molecule has 2 aromatic rings. The maximum absolute atomic E-state index is 13.0. The number of rotatable bonds is 8. The lowest BCUT2D eigenvalue weighted by Crippen LogP contribution is -2.14. The van der Waals surface area contributed by atoms with E-state index in [0.29, 0.717) is 22.9 Å². The Labute approximate surface area is 149 Å². The van der Waals surface area contributed by atoms with E-state index >= 15 is 0 Å². The highest BCUT2D eigenvalue weighted by Crippen LogP contribution is 2.12. The number of thioether (sulfide) groups is 1. The van der Waals surface area contributed by atoms with E-state index in [1.54, 1.807) is 12.1 Å². The van der Waals surface area contributed by atoms with Crippen molar-refractivity contribution < 1.29 is 18.4 Å². The molecule has 0 heterocycles. The van der Waals surface area contributed by atoms with Gasteiger partial charge in [-0.1, -0.05) is 12.1 Å². The normalized spacial score (nSPS) is 10.3. The Morgan fingerprint density at radius 2 is 1.24 bits per heavy atom. The molecule has 4 nitrogen and oxygen atoms in total. The number of nitrogens with one attached hydrogen (secondary N) is 2. The molecule has 0 radical (unpaired) electrons. The van der Waals surface area contributed by atoms with Crippen molar-refractivity contribution in [3.05, 3.63) is 60.2 Å². The molecule has 0 aliphatic carbocycles. The summed E-state index contributed by atoms with van der Waals surface area (Å²) in [5.41, 5.74) is 0.842. The highest BCUT2D eigenvalue weighted by molar-refractivity contribution is 7.99. The van der Waals surface area contributed by atoms with Crippen LogP contribution in [0, 0.1) is 11.6 Å². The molecular formula is C18H18F2N2O2S. The topological polar surface area (TPSA) is 58.2 Å². The number of benzene rings is 2. The molecule has 25 heavy (non-hydrogen) atoms. The first-order valence-corrected chi connectivity index (χ1v) is 8.87. The first kappa shape index (κ1) is 18.9. The fourth-order valence-electron chi connectivity index (χ4n) is 2.01. The second-order valence-corrected chi connectivity index (χ2v) is 6.45. The average molecular weight is 364 g/mol. The number of hydrogen-bond donors (Lipinski definition) is 2. The van der Waals surface area contributed by atoms with E-state index in [1.807, 2.05) is 0 Å². The Kier molecular flexibility index (Phi) is 7.40. The summed E-state index contributed by atoms with van der Waals surface area (Å²) in [5, 5.41) is 5.23. The molecule has 2 rings (SSSR count). The van der Waals surface area contributed by atoms with Crippen LogP contribution in [0.4, 0.5) is 20.2 Å². The Morgan fingerprint density at radius 3 is 1.64 bits per heavy atom. The molecule has 0 atom stereocenters. The molecule has 2 N–H and O–H groups in total. The van der Waals surface area contributed by atoms with Crippen molar-refractivity contribution >= 4 is 35.0 Å². The summed E-state index contributed by atoms with van der Waals surface area (Å²) in [6, 6.07) is 11.4. The highest BCUT2D eigenvalue weighted by Gasteiger charge is 2.06. The first-order valence-electron chi connectivity index (χ1n) is 7.71. The zero-order valence-electron chi connectivity index (χ0n) is 13.4. The molecule has 0 fully saturated rings. The smallest absolute Gasteiger partial charge is 0.225 e. The van der Waals surface area contributed by atoms with Gasteiger partial charge in [0.2, 0.25) is 11.8 Å². The van der Waals surface area contributed by atoms with Gasteiger partial charge in [0.05, 0.1) is 0 Å². The van der Waals surface area contributed by atoms with E-state index in [-0.39, 0.29) is 24.7 Å². The quantitative estimate of drug-likeness (QED) is 0.695. The molecule has 0 saturated heterocycles. The van der Waals surface area contributed by atoms with Gasteiger partial charge in [0.15, 0.2) is 0 Å². The van der Waals surface area contributed by atoms with Crippen LogP contribution in [0.2, 0.25) is 0 Å². The Hall–Kier alpha value is -2.41. The summed E-state index contributed by atoms with van der Waals surface area (Å²) in [7, 11) is 0. The van der Waals surface area contributed by atoms with E-state index in [9.17, 15) is 18.4 Å². The molecule has 132 valence electrons. The third kappa shape index (κ3) is 7.34. The number of amides is 2. The van der Waals surface area contributed by atoms with Crippen molar-refractivity contribution in [3.8, 4) is 0 Å². The zero-order valence-corrected chi connectivity index (χ0v) is 14.2. The van der Waals surface area contributed by atoms with Gasteiger partial charge in [0, 0.05) is 35.7 Å². The van der Waals surface area contributed by atoms with E-state index in [4.69, 9.17) is 0 Å². The van der Waals surface area contributed by atoms with Crippen molar-refractivity contribution in [1.82, 2.24) is 0 Å². The predicted octanol–water partition coefficient (Wildman–Crippen LogP) is 4.06. The van der Waals surface area contributed by atoms with Gasteiger partial charge in [0.25, 0.3) is 0 Å². The van der Waals surface area contributed by atoms with Gasteiger partial charge < -0.3 is 10.6 Å². The molecule has 0 aromatic heterocycles. The zero-order chi connectivity index (χ0) is 18.1. The van der Waals surface area contributed by atoms with Crippen molar-refractivity contribution in [3.63, 3.8) is 0 Å². The van der Waals surface area contributed by atoms with Crippen LogP contribution in [-0.2, 0) is 9.59 Å². The van der Waals surface area contributed by atoms with Crippen LogP contribution in [-0.4, -0.2) is 23.3 Å². The van der Waals surface area contributed by atoms with Crippen LogP contribution < -0.4 is 10.6 Å². The summed E-state index contributed by atoms with van der Waals surface area (Å²) < 4.78 is 26.0. The van der Waals surface area contributed by atoms with Crippen molar-refractivity contribution in [1.29, 1.82) is 0 Å². The van der Waals surface area contributed by atoms with Gasteiger partial charge in [-0.05, 0) is 36.4 Å². The molecule has 2 aromatic carbocycles. The van der Waals surface area contributed by atoms with Crippen molar-refractivity contribution in [2.75, 3.05) is 22.1 Å². The molecule has 0 aliphatic heterocycles. The Bertz CT molecular complexity index is 679. The standard InChI is InChI=1S/C18H18F2N2O2S/c19-13-3-1-5-15(11-13)21-17(23)7-9-25-10-8-18(24)22-16-6-2-4-14(20)12-16/h1-6,11-12H,7-10H2,(H,21,23)(H,22,24). The number of carbonyl (C=O) groups is 2. The molecule has 0 unspecified atom stereocenters. The summed E-state index contributed by atoms with van der Waals surface area (Å²) in [4.78, 5) is 23.5. The average Bonchev–Trinajstić information content (AvgIpc) is 2.54. The van der Waals surface area contributed by atoms with Gasteiger partial charge in [-0.15, -0.1) is 0 Å². The molecular weight excluding hydrogens is 346 g/mol. The van der Waals surface area contributed by atoms with Crippen LogP contribution >= 0.6 is 11.8 Å². The molecule has 2 amide bonds. The molecule has 0 spiro atoms. The number of hydrogen-bond acceptors (Lipinski definition) is 3. The van der Waals surface area contributed by atoms with E-state index in [0.717, 1.165) is 0 Å². The highest BCUT2D eigenvalue weighted by atomic mass is 32.2. The van der Waals surface area contributed by atoms with E-state index < -0.39 is 11.6 Å². The summed E-state index contributed by atoms with van der Waals surface area (Å²) in [6.45, 7) is 0. The fraction of sp³-hybridized carbons (Fsp3) is 0.222. The van der Waals surface area contributed by atoms with Gasteiger partial charge in [-0.2, -0.15) is 11.8 Å². The monoisotopic (exact) mass is 364 g/mol. The Morgan fingerprint density at radius 1 is 0.800 bits per heavy atom. The molecule has 0 aliphatic rings. The number of carbonyl (C=O) groups excluding carboxylic acids is 2. The van der Waals surface area contributed by atoms with Crippen LogP contribution in [0.5, 0.6) is 0 Å². The minimum absolute atomic E-state index is 0.206.